The van der Waals surface area contributed by atoms with E-state index < -0.39 is 5.41 Å². The summed E-state index contributed by atoms with van der Waals surface area (Å²) in [5.74, 6) is 0.189. The molecule has 1 unspecified atom stereocenters. The zero-order valence-electron chi connectivity index (χ0n) is 22.9. The Morgan fingerprint density at radius 2 is 1.43 bits per heavy atom. The van der Waals surface area contributed by atoms with Crippen LogP contribution in [0.2, 0.25) is 0 Å². The topological polar surface area (TPSA) is 61.4 Å². The fourth-order valence-corrected chi connectivity index (χ4v) is 6.75. The first-order valence-electron chi connectivity index (χ1n) is 14.5. The standard InChI is InChI=1S/C35H37N3O2/c39-32(28-10-3-1-4-11-28)38-24-20-34(26-38,31-16-15-27-9-7-8-12-29(27)25-31)17-23-37-33(40)35(18-21-36-22-19-35)30-13-5-2-6-14-30/h1-16,25,36H,17-24,26H2,(H,37,40). The molecule has 2 amide bonds. The van der Waals surface area contributed by atoms with E-state index in [2.05, 4.69) is 65.2 Å². The van der Waals surface area contributed by atoms with Crippen LogP contribution in [-0.4, -0.2) is 49.4 Å². The van der Waals surface area contributed by atoms with Crippen molar-refractivity contribution in [3.8, 4) is 0 Å². The number of nitrogens with zero attached hydrogens (tertiary/aromatic N) is 1. The molecule has 6 rings (SSSR count). The van der Waals surface area contributed by atoms with Crippen molar-refractivity contribution in [3.05, 3.63) is 120 Å². The average Bonchev–Trinajstić information content (AvgIpc) is 3.47. The number of rotatable bonds is 7. The summed E-state index contributed by atoms with van der Waals surface area (Å²) in [4.78, 5) is 29.3. The molecule has 2 aliphatic rings. The third kappa shape index (κ3) is 5.02. The second-order valence-corrected chi connectivity index (χ2v) is 11.4. The monoisotopic (exact) mass is 531 g/mol. The van der Waals surface area contributed by atoms with E-state index in [9.17, 15) is 9.59 Å². The van der Waals surface area contributed by atoms with Gasteiger partial charge in [0.1, 0.15) is 0 Å². The van der Waals surface area contributed by atoms with Crippen molar-refractivity contribution in [2.24, 2.45) is 0 Å². The minimum atomic E-state index is -0.506. The Bertz CT molecular complexity index is 1480. The van der Waals surface area contributed by atoms with Gasteiger partial charge in [-0.3, -0.25) is 9.59 Å². The Hall–Kier alpha value is -3.96. The van der Waals surface area contributed by atoms with Crippen LogP contribution < -0.4 is 10.6 Å². The lowest BCUT2D eigenvalue weighted by molar-refractivity contribution is -0.127. The van der Waals surface area contributed by atoms with Gasteiger partial charge in [-0.2, -0.15) is 0 Å². The van der Waals surface area contributed by atoms with Crippen molar-refractivity contribution >= 4 is 22.6 Å². The Balaban J connectivity index is 1.25. The van der Waals surface area contributed by atoms with E-state index in [4.69, 9.17) is 0 Å². The number of likely N-dealkylation sites (tertiary alicyclic amines) is 1. The third-order valence-electron chi connectivity index (χ3n) is 9.13. The molecule has 1 atom stereocenters. The molecule has 0 spiro atoms. The Morgan fingerprint density at radius 1 is 0.750 bits per heavy atom. The minimum absolute atomic E-state index is 0.0741. The first-order chi connectivity index (χ1) is 19.6. The summed E-state index contributed by atoms with van der Waals surface area (Å²) in [5.41, 5.74) is 2.33. The number of benzene rings is 4. The molecule has 5 heteroatoms. The molecule has 2 N–H and O–H groups in total. The highest BCUT2D eigenvalue weighted by atomic mass is 16.2. The number of fused-ring (bicyclic) bond motifs is 1. The van der Waals surface area contributed by atoms with Gasteiger partial charge < -0.3 is 15.5 Å². The van der Waals surface area contributed by atoms with Gasteiger partial charge in [-0.15, -0.1) is 0 Å². The van der Waals surface area contributed by atoms with Crippen molar-refractivity contribution in [2.45, 2.75) is 36.5 Å². The minimum Gasteiger partial charge on any atom is -0.355 e. The summed E-state index contributed by atoms with van der Waals surface area (Å²) < 4.78 is 0. The van der Waals surface area contributed by atoms with E-state index in [1.807, 2.05) is 53.4 Å². The van der Waals surface area contributed by atoms with Gasteiger partial charge in [0, 0.05) is 30.6 Å². The van der Waals surface area contributed by atoms with E-state index in [1.165, 1.54) is 16.3 Å². The molecule has 40 heavy (non-hydrogen) atoms. The summed E-state index contributed by atoms with van der Waals surface area (Å²) in [6.07, 6.45) is 3.22. The smallest absolute Gasteiger partial charge is 0.253 e. The molecule has 0 radical (unpaired) electrons. The van der Waals surface area contributed by atoms with E-state index in [0.717, 1.165) is 49.9 Å². The third-order valence-corrected chi connectivity index (χ3v) is 9.13. The molecular weight excluding hydrogens is 494 g/mol. The molecule has 2 saturated heterocycles. The van der Waals surface area contributed by atoms with Crippen LogP contribution in [0.25, 0.3) is 10.8 Å². The molecule has 0 aromatic heterocycles. The number of carbonyl (C=O) groups excluding carboxylic acids is 2. The van der Waals surface area contributed by atoms with Crippen LogP contribution in [0.3, 0.4) is 0 Å². The van der Waals surface area contributed by atoms with Crippen molar-refractivity contribution < 1.29 is 9.59 Å². The average molecular weight is 532 g/mol. The zero-order valence-corrected chi connectivity index (χ0v) is 22.9. The second kappa shape index (κ2) is 11.3. The molecule has 204 valence electrons. The molecular formula is C35H37N3O2. The quantitative estimate of drug-likeness (QED) is 0.333. The van der Waals surface area contributed by atoms with E-state index >= 15 is 0 Å². The molecule has 0 bridgehead atoms. The predicted molar refractivity (Wildman–Crippen MR) is 160 cm³/mol. The maximum atomic E-state index is 13.9. The lowest BCUT2D eigenvalue weighted by Gasteiger charge is -2.37. The predicted octanol–water partition coefficient (Wildman–Crippen LogP) is 5.45. The highest BCUT2D eigenvalue weighted by Gasteiger charge is 2.43. The van der Waals surface area contributed by atoms with Crippen LogP contribution in [0.4, 0.5) is 0 Å². The van der Waals surface area contributed by atoms with Gasteiger partial charge in [0.2, 0.25) is 5.91 Å². The van der Waals surface area contributed by atoms with Gasteiger partial charge in [-0.05, 0) is 72.8 Å². The van der Waals surface area contributed by atoms with Gasteiger partial charge in [0.05, 0.1) is 5.41 Å². The number of hydrogen-bond acceptors (Lipinski definition) is 3. The Labute approximate surface area is 236 Å². The molecule has 4 aromatic carbocycles. The van der Waals surface area contributed by atoms with Crippen molar-refractivity contribution in [1.29, 1.82) is 0 Å². The van der Waals surface area contributed by atoms with Gasteiger partial charge >= 0.3 is 0 Å². The molecule has 5 nitrogen and oxygen atoms in total. The van der Waals surface area contributed by atoms with Crippen LogP contribution in [-0.2, 0) is 15.6 Å². The normalized spacial score (nSPS) is 20.4. The molecule has 4 aromatic rings. The SMILES string of the molecule is O=C(c1ccccc1)N1CCC(CCNC(=O)C2(c3ccccc3)CCNCC2)(c2ccc3ccccc3c2)C1. The van der Waals surface area contributed by atoms with Crippen molar-refractivity contribution in [2.75, 3.05) is 32.7 Å². The van der Waals surface area contributed by atoms with E-state index in [1.54, 1.807) is 0 Å². The van der Waals surface area contributed by atoms with Crippen LogP contribution in [0, 0.1) is 0 Å². The van der Waals surface area contributed by atoms with Crippen LogP contribution >= 0.6 is 0 Å². The molecule has 2 fully saturated rings. The number of nitrogens with one attached hydrogen (secondary N) is 2. The summed E-state index contributed by atoms with van der Waals surface area (Å²) in [6.45, 7) is 3.58. The summed E-state index contributed by atoms with van der Waals surface area (Å²) >= 11 is 0. The fraction of sp³-hybridized carbons (Fsp3) is 0.314. The number of carbonyl (C=O) groups is 2. The summed E-state index contributed by atoms with van der Waals surface area (Å²) in [5, 5.41) is 9.19. The molecule has 0 saturated carbocycles. The van der Waals surface area contributed by atoms with Gasteiger partial charge in [-0.25, -0.2) is 0 Å². The van der Waals surface area contributed by atoms with Gasteiger partial charge in [0.15, 0.2) is 0 Å². The highest BCUT2D eigenvalue weighted by Crippen LogP contribution is 2.40. The second-order valence-electron chi connectivity index (χ2n) is 11.4. The van der Waals surface area contributed by atoms with Gasteiger partial charge in [-0.1, -0.05) is 91.0 Å². The van der Waals surface area contributed by atoms with E-state index in [-0.39, 0.29) is 17.2 Å². The number of hydrogen-bond donors (Lipinski definition) is 2. The fourth-order valence-electron chi connectivity index (χ4n) is 6.75. The number of piperidine rings is 1. The maximum absolute atomic E-state index is 13.9. The molecule has 2 aliphatic heterocycles. The van der Waals surface area contributed by atoms with Crippen molar-refractivity contribution in [3.63, 3.8) is 0 Å². The molecule has 2 heterocycles. The largest absolute Gasteiger partial charge is 0.355 e. The van der Waals surface area contributed by atoms with Crippen LogP contribution in [0.1, 0.15) is 47.2 Å². The van der Waals surface area contributed by atoms with Crippen molar-refractivity contribution in [1.82, 2.24) is 15.5 Å². The van der Waals surface area contributed by atoms with Gasteiger partial charge in [0.25, 0.3) is 5.91 Å². The Kier molecular flexibility index (Phi) is 7.40. The van der Waals surface area contributed by atoms with Crippen LogP contribution in [0.5, 0.6) is 0 Å². The lowest BCUT2D eigenvalue weighted by Crippen LogP contribution is -2.51. The zero-order chi connectivity index (χ0) is 27.4. The summed E-state index contributed by atoms with van der Waals surface area (Å²) in [7, 11) is 0. The number of amides is 2. The maximum Gasteiger partial charge on any atom is 0.253 e. The molecule has 0 aliphatic carbocycles. The Morgan fingerprint density at radius 3 is 2.17 bits per heavy atom. The highest BCUT2D eigenvalue weighted by molar-refractivity contribution is 5.94. The first-order valence-corrected chi connectivity index (χ1v) is 14.5. The van der Waals surface area contributed by atoms with Crippen LogP contribution in [0.15, 0.2) is 103 Å². The van der Waals surface area contributed by atoms with E-state index in [0.29, 0.717) is 19.6 Å². The first kappa shape index (κ1) is 26.3. The lowest BCUT2D eigenvalue weighted by atomic mass is 9.72. The summed E-state index contributed by atoms with van der Waals surface area (Å²) in [6, 6.07) is 34.9.